The van der Waals surface area contributed by atoms with Crippen LogP contribution in [0.1, 0.15) is 11.0 Å². The average Bonchev–Trinajstić information content (AvgIpc) is 3.84. The third kappa shape index (κ3) is 3.35. The topological polar surface area (TPSA) is 14.8 Å². The first-order chi connectivity index (χ1) is 25.7. The molecule has 0 spiro atoms. The maximum absolute atomic E-state index is 9.03. The molecule has 10 rings (SSSR count). The molecule has 7 aromatic carbocycles. The van der Waals surface area contributed by atoms with Crippen LogP contribution in [0.3, 0.4) is 0 Å². The van der Waals surface area contributed by atoms with Crippen molar-refractivity contribution in [3.63, 3.8) is 0 Å². The van der Waals surface area contributed by atoms with Crippen molar-refractivity contribution in [2.45, 2.75) is 0 Å². The van der Waals surface area contributed by atoms with Gasteiger partial charge in [0.15, 0.2) is 0 Å². The Balaban J connectivity index is 1.37. The number of hydrogen-bond donors (Lipinski definition) is 0. The van der Waals surface area contributed by atoms with E-state index >= 15 is 0 Å². The van der Waals surface area contributed by atoms with Gasteiger partial charge in [0.1, 0.15) is 0 Å². The number of aromatic nitrogens is 3. The molecule has 3 nitrogen and oxygen atoms in total. The maximum Gasteiger partial charge on any atom is 0.0645 e. The zero-order chi connectivity index (χ0) is 36.4. The Kier molecular flexibility index (Phi) is 3.67. The second kappa shape index (κ2) is 9.22. The van der Waals surface area contributed by atoms with E-state index in [9.17, 15) is 0 Å². The van der Waals surface area contributed by atoms with Crippen molar-refractivity contribution in [1.29, 1.82) is 0 Å². The predicted molar refractivity (Wildman–Crippen MR) is 189 cm³/mol. The second-order valence-electron chi connectivity index (χ2n) is 11.2. The molecular formula is C42H27N3. The van der Waals surface area contributed by atoms with Gasteiger partial charge in [-0.2, -0.15) is 0 Å². The third-order valence-electron chi connectivity index (χ3n) is 8.88. The minimum absolute atomic E-state index is 0.0529. The average molecular weight is 582 g/mol. The summed E-state index contributed by atoms with van der Waals surface area (Å²) in [5.41, 5.74) is 6.56. The quantitative estimate of drug-likeness (QED) is 0.197. The minimum Gasteiger partial charge on any atom is -0.309 e. The van der Waals surface area contributed by atoms with E-state index < -0.39 is 24.2 Å². The fourth-order valence-corrected chi connectivity index (χ4v) is 7.08. The highest BCUT2D eigenvalue weighted by atomic mass is 15.0. The summed E-state index contributed by atoms with van der Waals surface area (Å²) >= 11 is 0. The van der Waals surface area contributed by atoms with Crippen LogP contribution in [-0.2, 0) is 0 Å². The van der Waals surface area contributed by atoms with Crippen LogP contribution in [0, 0.1) is 0 Å². The molecule has 3 heterocycles. The summed E-state index contributed by atoms with van der Waals surface area (Å²) in [6.45, 7) is 0. The SMILES string of the molecule is [2H]c1c([2H])c([2H])c2c(c1[2H])c1c([2H])c([2H])c([2H])c([2H])c1n2-c1ccc2c3ccccc3n(-c3cccc4c3c3ccccc3n4-c3ccccc3)c2c1. The summed E-state index contributed by atoms with van der Waals surface area (Å²) < 4.78 is 75.9. The van der Waals surface area contributed by atoms with E-state index in [0.29, 0.717) is 5.69 Å². The van der Waals surface area contributed by atoms with E-state index in [2.05, 4.69) is 63.7 Å². The summed E-state index contributed by atoms with van der Waals surface area (Å²) in [4.78, 5) is 0. The van der Waals surface area contributed by atoms with Gasteiger partial charge in [-0.3, -0.25) is 0 Å². The van der Waals surface area contributed by atoms with Crippen LogP contribution in [0.25, 0.3) is 82.5 Å². The highest BCUT2D eigenvalue weighted by Crippen LogP contribution is 2.41. The number of nitrogens with zero attached hydrogens (tertiary/aromatic N) is 3. The lowest BCUT2D eigenvalue weighted by Crippen LogP contribution is -1.98. The van der Waals surface area contributed by atoms with Crippen LogP contribution in [0.4, 0.5) is 0 Å². The van der Waals surface area contributed by atoms with E-state index in [0.717, 1.165) is 55.0 Å². The lowest BCUT2D eigenvalue weighted by Gasteiger charge is -2.13. The van der Waals surface area contributed by atoms with Gasteiger partial charge in [0, 0.05) is 43.7 Å². The molecule has 0 saturated carbocycles. The van der Waals surface area contributed by atoms with Crippen LogP contribution < -0.4 is 0 Å². The summed E-state index contributed by atoms with van der Waals surface area (Å²) in [7, 11) is 0. The van der Waals surface area contributed by atoms with Crippen LogP contribution in [-0.4, -0.2) is 13.7 Å². The molecule has 0 aliphatic rings. The highest BCUT2D eigenvalue weighted by Gasteiger charge is 2.20. The van der Waals surface area contributed by atoms with Gasteiger partial charge in [-0.05, 0) is 60.6 Å². The second-order valence-corrected chi connectivity index (χ2v) is 11.2. The van der Waals surface area contributed by atoms with E-state index in [1.165, 1.54) is 0 Å². The summed E-state index contributed by atoms with van der Waals surface area (Å²) in [6.07, 6.45) is 0. The first-order valence-corrected chi connectivity index (χ1v) is 14.8. The molecule has 0 amide bonds. The van der Waals surface area contributed by atoms with Crippen molar-refractivity contribution in [2.24, 2.45) is 0 Å². The van der Waals surface area contributed by atoms with Gasteiger partial charge < -0.3 is 13.7 Å². The monoisotopic (exact) mass is 581 g/mol. The number of fused-ring (bicyclic) bond motifs is 9. The molecule has 0 bridgehead atoms. The Labute approximate surface area is 270 Å². The van der Waals surface area contributed by atoms with Gasteiger partial charge >= 0.3 is 0 Å². The molecule has 0 N–H and O–H groups in total. The summed E-state index contributed by atoms with van der Waals surface area (Å²) in [5, 5.41) is 4.22. The fourth-order valence-electron chi connectivity index (χ4n) is 7.08. The van der Waals surface area contributed by atoms with Gasteiger partial charge in [-0.1, -0.05) is 103 Å². The Morgan fingerprint density at radius 1 is 0.356 bits per heavy atom. The lowest BCUT2D eigenvalue weighted by atomic mass is 10.1. The summed E-state index contributed by atoms with van der Waals surface area (Å²) in [5.74, 6) is 0. The largest absolute Gasteiger partial charge is 0.309 e. The predicted octanol–water partition coefficient (Wildman–Crippen LogP) is 11.0. The van der Waals surface area contributed by atoms with Crippen LogP contribution in [0.15, 0.2) is 164 Å². The van der Waals surface area contributed by atoms with Crippen molar-refractivity contribution in [2.75, 3.05) is 0 Å². The molecule has 0 unspecified atom stereocenters. The molecule has 0 saturated heterocycles. The number of para-hydroxylation sites is 5. The standard InChI is InChI=1S/C42H27N3/c1-2-13-28(14-3-1)43-38-22-11-7-18-34(38)42-39(43)23-12-24-40(42)45-37-21-10-6-17-32(37)33-26-25-29(27-41(33)45)44-35-19-8-4-15-30(35)31-16-5-9-20-36(31)44/h1-27H/i4D,5D,8D,9D,15D,16D,19D,20D. The molecule has 3 heteroatoms. The van der Waals surface area contributed by atoms with E-state index in [1.807, 2.05) is 60.7 Å². The smallest absolute Gasteiger partial charge is 0.0645 e. The highest BCUT2D eigenvalue weighted by molar-refractivity contribution is 6.17. The van der Waals surface area contributed by atoms with Gasteiger partial charge in [0.25, 0.3) is 0 Å². The zero-order valence-corrected chi connectivity index (χ0v) is 23.8. The van der Waals surface area contributed by atoms with Gasteiger partial charge in [-0.25, -0.2) is 0 Å². The van der Waals surface area contributed by atoms with E-state index in [4.69, 9.17) is 11.0 Å². The van der Waals surface area contributed by atoms with Gasteiger partial charge in [0.05, 0.1) is 49.8 Å². The number of rotatable bonds is 3. The van der Waals surface area contributed by atoms with Crippen LogP contribution >= 0.6 is 0 Å². The zero-order valence-electron chi connectivity index (χ0n) is 31.8. The van der Waals surface area contributed by atoms with Crippen molar-refractivity contribution in [3.05, 3.63) is 164 Å². The van der Waals surface area contributed by atoms with Gasteiger partial charge in [-0.15, -0.1) is 0 Å². The van der Waals surface area contributed by atoms with E-state index in [1.54, 1.807) is 4.57 Å². The van der Waals surface area contributed by atoms with Crippen molar-refractivity contribution < 1.29 is 11.0 Å². The maximum atomic E-state index is 9.03. The third-order valence-corrected chi connectivity index (χ3v) is 8.88. The Bertz CT molecular complexity index is 3130. The Hall–Kier alpha value is -6.06. The van der Waals surface area contributed by atoms with Crippen LogP contribution in [0.5, 0.6) is 0 Å². The fraction of sp³-hybridized carbons (Fsp3) is 0. The molecule has 210 valence electrons. The first-order valence-electron chi connectivity index (χ1n) is 18.8. The summed E-state index contributed by atoms with van der Waals surface area (Å²) in [6, 6.07) is 35.7. The van der Waals surface area contributed by atoms with Crippen molar-refractivity contribution in [1.82, 2.24) is 13.7 Å². The molecular weight excluding hydrogens is 546 g/mol. The Morgan fingerprint density at radius 2 is 0.933 bits per heavy atom. The molecule has 45 heavy (non-hydrogen) atoms. The van der Waals surface area contributed by atoms with Crippen molar-refractivity contribution >= 4 is 65.4 Å². The molecule has 0 aliphatic carbocycles. The normalized spacial score (nSPS) is 14.5. The Morgan fingerprint density at radius 3 is 1.69 bits per heavy atom. The molecule has 0 atom stereocenters. The number of benzene rings is 7. The van der Waals surface area contributed by atoms with E-state index in [-0.39, 0.29) is 46.0 Å². The van der Waals surface area contributed by atoms with Crippen LogP contribution in [0.2, 0.25) is 0 Å². The lowest BCUT2D eigenvalue weighted by molar-refractivity contribution is 1.16. The first kappa shape index (κ1) is 17.9. The molecule has 3 aromatic heterocycles. The van der Waals surface area contributed by atoms with Gasteiger partial charge in [0.2, 0.25) is 0 Å². The minimum atomic E-state index is -0.465. The molecule has 0 aliphatic heterocycles. The van der Waals surface area contributed by atoms with Crippen molar-refractivity contribution in [3.8, 4) is 17.1 Å². The molecule has 0 radical (unpaired) electrons. The number of hydrogen-bond acceptors (Lipinski definition) is 0. The molecule has 10 aromatic rings. The molecule has 0 fully saturated rings.